The second-order valence-corrected chi connectivity index (χ2v) is 3.50. The van der Waals surface area contributed by atoms with Crippen LogP contribution in [0.5, 0.6) is 0 Å². The highest BCUT2D eigenvalue weighted by molar-refractivity contribution is 6.00. The highest BCUT2D eigenvalue weighted by Gasteiger charge is 2.09. The van der Waals surface area contributed by atoms with Crippen molar-refractivity contribution in [2.24, 2.45) is 0 Å². The van der Waals surface area contributed by atoms with Crippen LogP contribution in [0.4, 0.5) is 11.4 Å². The van der Waals surface area contributed by atoms with Crippen LogP contribution in [-0.2, 0) is 4.79 Å². The van der Waals surface area contributed by atoms with E-state index in [1.807, 2.05) is 0 Å². The molecule has 0 atom stereocenters. The van der Waals surface area contributed by atoms with E-state index in [0.717, 1.165) is 0 Å². The fourth-order valence-corrected chi connectivity index (χ4v) is 1.55. The van der Waals surface area contributed by atoms with Crippen molar-refractivity contribution in [3.8, 4) is 0 Å². The summed E-state index contributed by atoms with van der Waals surface area (Å²) in [7, 11) is 0. The van der Waals surface area contributed by atoms with Crippen LogP contribution in [0.25, 0.3) is 10.9 Å². The van der Waals surface area contributed by atoms with E-state index in [1.165, 1.54) is 19.1 Å². The monoisotopic (exact) mass is 231 g/mol. The molecule has 0 aliphatic heterocycles. The summed E-state index contributed by atoms with van der Waals surface area (Å²) in [4.78, 5) is 25.3. The average Bonchev–Trinajstić information content (AvgIpc) is 2.28. The third-order valence-corrected chi connectivity index (χ3v) is 2.25. The zero-order valence-corrected chi connectivity index (χ0v) is 9.01. The topological polar surface area (TPSA) is 85.1 Å². The molecular formula is C11H9N3O3. The van der Waals surface area contributed by atoms with Crippen molar-refractivity contribution in [2.75, 3.05) is 5.32 Å². The highest BCUT2D eigenvalue weighted by Crippen LogP contribution is 2.25. The summed E-state index contributed by atoms with van der Waals surface area (Å²) in [5, 5.41) is 13.8. The molecule has 0 aliphatic carbocycles. The largest absolute Gasteiger partial charge is 0.326 e. The molecular weight excluding hydrogens is 222 g/mol. The van der Waals surface area contributed by atoms with E-state index in [4.69, 9.17) is 0 Å². The quantitative estimate of drug-likeness (QED) is 0.633. The predicted molar refractivity (Wildman–Crippen MR) is 62.7 cm³/mol. The van der Waals surface area contributed by atoms with Gasteiger partial charge in [-0.25, -0.2) is 0 Å². The van der Waals surface area contributed by atoms with Gasteiger partial charge in [-0.15, -0.1) is 0 Å². The highest BCUT2D eigenvalue weighted by atomic mass is 16.6. The first-order valence-corrected chi connectivity index (χ1v) is 4.88. The molecule has 1 N–H and O–H groups in total. The van der Waals surface area contributed by atoms with Crippen molar-refractivity contribution in [3.05, 3.63) is 40.6 Å². The summed E-state index contributed by atoms with van der Waals surface area (Å²) in [5.74, 6) is -0.232. The van der Waals surface area contributed by atoms with Crippen molar-refractivity contribution < 1.29 is 9.72 Å². The summed E-state index contributed by atoms with van der Waals surface area (Å²) < 4.78 is 0. The van der Waals surface area contributed by atoms with Crippen molar-refractivity contribution in [3.63, 3.8) is 0 Å². The number of carbonyl (C=O) groups is 1. The van der Waals surface area contributed by atoms with Gasteiger partial charge in [-0.1, -0.05) is 0 Å². The van der Waals surface area contributed by atoms with Crippen molar-refractivity contribution in [1.82, 2.24) is 4.98 Å². The zero-order valence-electron chi connectivity index (χ0n) is 9.01. The van der Waals surface area contributed by atoms with Crippen LogP contribution in [0.1, 0.15) is 6.92 Å². The van der Waals surface area contributed by atoms with E-state index in [9.17, 15) is 14.9 Å². The number of carbonyl (C=O) groups excluding carboxylic acids is 1. The molecule has 1 aromatic carbocycles. The van der Waals surface area contributed by atoms with Gasteiger partial charge in [0.1, 0.15) is 0 Å². The van der Waals surface area contributed by atoms with Gasteiger partial charge in [0.15, 0.2) is 0 Å². The summed E-state index contributed by atoms with van der Waals surface area (Å²) in [6.07, 6.45) is 1.54. The molecule has 1 amide bonds. The minimum atomic E-state index is -0.482. The molecule has 0 unspecified atom stereocenters. The Labute approximate surface area is 96.4 Å². The fraction of sp³-hybridized carbons (Fsp3) is 0.0909. The minimum Gasteiger partial charge on any atom is -0.326 e. The number of amides is 1. The number of nitro benzene ring substituents is 1. The molecule has 0 radical (unpaired) electrons. The van der Waals surface area contributed by atoms with Gasteiger partial charge >= 0.3 is 0 Å². The molecule has 0 fully saturated rings. The third kappa shape index (κ3) is 2.20. The number of nitrogens with zero attached hydrogens (tertiary/aromatic N) is 2. The summed E-state index contributed by atoms with van der Waals surface area (Å²) in [6, 6.07) is 5.94. The number of nitrogens with one attached hydrogen (secondary N) is 1. The Morgan fingerprint density at radius 1 is 1.41 bits per heavy atom. The van der Waals surface area contributed by atoms with Gasteiger partial charge in [-0.2, -0.15) is 0 Å². The van der Waals surface area contributed by atoms with Gasteiger partial charge in [0, 0.05) is 30.6 Å². The van der Waals surface area contributed by atoms with Crippen LogP contribution in [-0.4, -0.2) is 15.8 Å². The van der Waals surface area contributed by atoms with E-state index < -0.39 is 4.92 Å². The molecule has 1 aromatic heterocycles. The van der Waals surface area contributed by atoms with Crippen LogP contribution in [0.2, 0.25) is 0 Å². The van der Waals surface area contributed by atoms with E-state index in [0.29, 0.717) is 16.6 Å². The lowest BCUT2D eigenvalue weighted by molar-refractivity contribution is -0.384. The van der Waals surface area contributed by atoms with Crippen molar-refractivity contribution >= 4 is 28.2 Å². The van der Waals surface area contributed by atoms with Gasteiger partial charge in [0.25, 0.3) is 5.69 Å². The van der Waals surface area contributed by atoms with Crippen molar-refractivity contribution in [1.29, 1.82) is 0 Å². The van der Waals surface area contributed by atoms with Gasteiger partial charge in [-0.3, -0.25) is 19.9 Å². The van der Waals surface area contributed by atoms with Gasteiger partial charge in [0.05, 0.1) is 16.1 Å². The molecule has 0 bridgehead atoms. The summed E-state index contributed by atoms with van der Waals surface area (Å²) in [6.45, 7) is 1.38. The van der Waals surface area contributed by atoms with Crippen LogP contribution in [0, 0.1) is 10.1 Å². The number of anilines is 1. The molecule has 2 aromatic rings. The Balaban J connectivity index is 2.63. The van der Waals surface area contributed by atoms with E-state index in [-0.39, 0.29) is 11.6 Å². The number of hydrogen-bond donors (Lipinski definition) is 1. The first-order chi connectivity index (χ1) is 8.08. The van der Waals surface area contributed by atoms with E-state index in [1.54, 1.807) is 18.3 Å². The minimum absolute atomic E-state index is 0.0305. The first-order valence-electron chi connectivity index (χ1n) is 4.88. The zero-order chi connectivity index (χ0) is 12.4. The van der Waals surface area contributed by atoms with Crippen molar-refractivity contribution in [2.45, 2.75) is 6.92 Å². The van der Waals surface area contributed by atoms with Crippen LogP contribution in [0.3, 0.4) is 0 Å². The maximum Gasteiger partial charge on any atom is 0.270 e. The van der Waals surface area contributed by atoms with Gasteiger partial charge in [0.2, 0.25) is 5.91 Å². The Hall–Kier alpha value is -2.50. The van der Waals surface area contributed by atoms with Crippen LogP contribution >= 0.6 is 0 Å². The van der Waals surface area contributed by atoms with Gasteiger partial charge < -0.3 is 5.32 Å². The molecule has 6 heteroatoms. The average molecular weight is 231 g/mol. The second kappa shape index (κ2) is 4.17. The Morgan fingerprint density at radius 3 is 2.82 bits per heavy atom. The number of benzene rings is 1. The lowest BCUT2D eigenvalue weighted by Gasteiger charge is -2.05. The SMILES string of the molecule is CC(=O)Nc1ccnc2ccc([N+](=O)[O-])cc12. The lowest BCUT2D eigenvalue weighted by Crippen LogP contribution is -2.06. The maximum atomic E-state index is 11.0. The smallest absolute Gasteiger partial charge is 0.270 e. The molecule has 0 aliphatic rings. The molecule has 17 heavy (non-hydrogen) atoms. The Bertz CT molecular complexity index is 610. The number of hydrogen-bond acceptors (Lipinski definition) is 4. The number of aromatic nitrogens is 1. The molecule has 0 spiro atoms. The van der Waals surface area contributed by atoms with E-state index in [2.05, 4.69) is 10.3 Å². The van der Waals surface area contributed by atoms with Gasteiger partial charge in [-0.05, 0) is 12.1 Å². The Morgan fingerprint density at radius 2 is 2.18 bits per heavy atom. The summed E-state index contributed by atoms with van der Waals surface area (Å²) in [5.41, 5.74) is 1.09. The molecule has 2 rings (SSSR count). The predicted octanol–water partition coefficient (Wildman–Crippen LogP) is 2.10. The standard InChI is InChI=1S/C11H9N3O3/c1-7(15)13-11-4-5-12-10-3-2-8(14(16)17)6-9(10)11/h2-6H,1H3,(H,12,13,15). The number of pyridine rings is 1. The number of non-ortho nitro benzene ring substituents is 1. The summed E-state index contributed by atoms with van der Waals surface area (Å²) >= 11 is 0. The fourth-order valence-electron chi connectivity index (χ4n) is 1.55. The molecule has 6 nitrogen and oxygen atoms in total. The number of rotatable bonds is 2. The second-order valence-electron chi connectivity index (χ2n) is 3.50. The van der Waals surface area contributed by atoms with Crippen LogP contribution in [0.15, 0.2) is 30.5 Å². The first kappa shape index (κ1) is 11.0. The number of fused-ring (bicyclic) bond motifs is 1. The molecule has 0 saturated heterocycles. The Kier molecular flexibility index (Phi) is 2.70. The maximum absolute atomic E-state index is 11.0. The molecule has 0 saturated carbocycles. The normalized spacial score (nSPS) is 10.2. The lowest BCUT2D eigenvalue weighted by atomic mass is 10.1. The van der Waals surface area contributed by atoms with E-state index >= 15 is 0 Å². The third-order valence-electron chi connectivity index (χ3n) is 2.25. The number of nitro groups is 1. The molecule has 86 valence electrons. The molecule has 1 heterocycles. The van der Waals surface area contributed by atoms with Crippen LogP contribution < -0.4 is 5.32 Å².